The largest absolute Gasteiger partial charge is 0.379 e. The van der Waals surface area contributed by atoms with Crippen molar-refractivity contribution in [3.8, 4) is 0 Å². The number of sulfonamides is 2. The summed E-state index contributed by atoms with van der Waals surface area (Å²) in [5, 5.41) is 0. The highest BCUT2D eigenvalue weighted by Gasteiger charge is 2.25. The van der Waals surface area contributed by atoms with Crippen LogP contribution in [0, 0.1) is 5.92 Å². The quantitative estimate of drug-likeness (QED) is 0.568. The fourth-order valence-electron chi connectivity index (χ4n) is 4.55. The molecule has 2 aliphatic heterocycles. The first kappa shape index (κ1) is 25.9. The lowest BCUT2D eigenvalue weighted by atomic mass is 9.95. The summed E-state index contributed by atoms with van der Waals surface area (Å²) in [6.07, 6.45) is 2.11. The Hall–Kier alpha value is -2.18. The van der Waals surface area contributed by atoms with Crippen molar-refractivity contribution >= 4 is 31.4 Å². The van der Waals surface area contributed by atoms with Gasteiger partial charge in [0.05, 0.1) is 34.4 Å². The van der Waals surface area contributed by atoms with Crippen LogP contribution in [-0.4, -0.2) is 86.1 Å². The predicted molar refractivity (Wildman–Crippen MR) is 137 cm³/mol. The molecule has 11 heteroatoms. The summed E-state index contributed by atoms with van der Waals surface area (Å²) in [4.78, 5) is 4.76. The van der Waals surface area contributed by atoms with E-state index in [2.05, 4.69) is 14.5 Å². The molecule has 2 aromatic carbocycles. The molecule has 0 unspecified atom stereocenters. The monoisotopic (exact) mass is 522 g/mol. The van der Waals surface area contributed by atoms with Crippen LogP contribution in [0.2, 0.25) is 0 Å². The number of piperidine rings is 1. The lowest BCUT2D eigenvalue weighted by Crippen LogP contribution is -2.43. The first-order valence-corrected chi connectivity index (χ1v) is 14.8. The molecule has 0 atom stereocenters. The number of ether oxygens (including phenoxy) is 1. The molecule has 2 fully saturated rings. The van der Waals surface area contributed by atoms with Crippen LogP contribution in [0.4, 0.5) is 11.4 Å². The predicted octanol–water partition coefficient (Wildman–Crippen LogP) is 2.29. The maximum Gasteiger partial charge on any atom is 0.261 e. The van der Waals surface area contributed by atoms with E-state index in [1.54, 1.807) is 12.1 Å². The van der Waals surface area contributed by atoms with Gasteiger partial charge >= 0.3 is 0 Å². The second kappa shape index (κ2) is 10.8. The summed E-state index contributed by atoms with van der Waals surface area (Å²) in [6.45, 7) is 6.42. The minimum atomic E-state index is -3.89. The van der Waals surface area contributed by atoms with Gasteiger partial charge in [0, 0.05) is 46.8 Å². The standard InChI is InChI=1S/C24H34N4O5S2/c1-26(2)35(31,32)22-9-7-21(8-10-22)34(29,30)25-23-5-3-4-6-24(23)28-13-11-20(12-14-28)19-27-15-17-33-18-16-27/h3-10,20,25H,11-19H2,1-2H3. The van der Waals surface area contributed by atoms with Crippen molar-refractivity contribution in [1.82, 2.24) is 9.21 Å². The molecular weight excluding hydrogens is 488 g/mol. The molecule has 4 rings (SSSR count). The van der Waals surface area contributed by atoms with Gasteiger partial charge in [-0.15, -0.1) is 0 Å². The Balaban J connectivity index is 1.44. The molecule has 0 saturated carbocycles. The molecule has 9 nitrogen and oxygen atoms in total. The van der Waals surface area contributed by atoms with Crippen LogP contribution in [0.25, 0.3) is 0 Å². The van der Waals surface area contributed by atoms with Crippen LogP contribution in [-0.2, 0) is 24.8 Å². The molecule has 2 saturated heterocycles. The number of hydrogen-bond acceptors (Lipinski definition) is 7. The van der Waals surface area contributed by atoms with Crippen molar-refractivity contribution in [3.05, 3.63) is 48.5 Å². The van der Waals surface area contributed by atoms with Crippen LogP contribution < -0.4 is 9.62 Å². The summed E-state index contributed by atoms with van der Waals surface area (Å²) in [7, 11) is -4.65. The topological polar surface area (TPSA) is 99.3 Å². The van der Waals surface area contributed by atoms with Gasteiger partial charge in [-0.25, -0.2) is 21.1 Å². The van der Waals surface area contributed by atoms with Crippen molar-refractivity contribution in [3.63, 3.8) is 0 Å². The van der Waals surface area contributed by atoms with Crippen LogP contribution in [0.1, 0.15) is 12.8 Å². The summed E-state index contributed by atoms with van der Waals surface area (Å²) in [6, 6.07) is 12.7. The zero-order valence-corrected chi connectivity index (χ0v) is 21.9. The number of para-hydroxylation sites is 2. The third-order valence-electron chi connectivity index (χ3n) is 6.64. The Kier molecular flexibility index (Phi) is 8.02. The first-order valence-electron chi connectivity index (χ1n) is 11.9. The number of benzene rings is 2. The van der Waals surface area contributed by atoms with E-state index in [0.29, 0.717) is 11.6 Å². The van der Waals surface area contributed by atoms with Crippen LogP contribution in [0.15, 0.2) is 58.3 Å². The van der Waals surface area contributed by atoms with Gasteiger partial charge in [-0.3, -0.25) is 9.62 Å². The van der Waals surface area contributed by atoms with Crippen LogP contribution >= 0.6 is 0 Å². The second-order valence-electron chi connectivity index (χ2n) is 9.22. The van der Waals surface area contributed by atoms with Gasteiger partial charge in [-0.2, -0.15) is 0 Å². The molecule has 0 bridgehead atoms. The highest BCUT2D eigenvalue weighted by atomic mass is 32.2. The van der Waals surface area contributed by atoms with E-state index >= 15 is 0 Å². The van der Waals surface area contributed by atoms with Gasteiger partial charge in [0.25, 0.3) is 10.0 Å². The van der Waals surface area contributed by atoms with E-state index in [1.165, 1.54) is 38.4 Å². The molecule has 2 heterocycles. The van der Waals surface area contributed by atoms with E-state index < -0.39 is 20.0 Å². The van der Waals surface area contributed by atoms with Gasteiger partial charge in [0.1, 0.15) is 0 Å². The fourth-order valence-corrected chi connectivity index (χ4v) is 6.52. The van der Waals surface area contributed by atoms with Crippen molar-refractivity contribution in [2.45, 2.75) is 22.6 Å². The van der Waals surface area contributed by atoms with Crippen molar-refractivity contribution in [2.75, 3.05) is 69.7 Å². The third kappa shape index (κ3) is 6.15. The number of nitrogens with zero attached hydrogens (tertiary/aromatic N) is 3. The van der Waals surface area contributed by atoms with Gasteiger partial charge < -0.3 is 9.64 Å². The highest BCUT2D eigenvalue weighted by molar-refractivity contribution is 7.92. The summed E-state index contributed by atoms with van der Waals surface area (Å²) >= 11 is 0. The fraction of sp³-hybridized carbons (Fsp3) is 0.500. The SMILES string of the molecule is CN(C)S(=O)(=O)c1ccc(S(=O)(=O)Nc2ccccc2N2CCC(CN3CCOCC3)CC2)cc1. The number of morpholine rings is 1. The minimum absolute atomic E-state index is 0.00854. The molecule has 1 N–H and O–H groups in total. The molecule has 0 aliphatic carbocycles. The first-order chi connectivity index (χ1) is 16.7. The average molecular weight is 523 g/mol. The van der Waals surface area contributed by atoms with E-state index in [0.717, 1.165) is 68.8 Å². The van der Waals surface area contributed by atoms with Crippen molar-refractivity contribution < 1.29 is 21.6 Å². The zero-order valence-electron chi connectivity index (χ0n) is 20.3. The van der Waals surface area contributed by atoms with Gasteiger partial charge in [0.2, 0.25) is 10.0 Å². The van der Waals surface area contributed by atoms with E-state index in [9.17, 15) is 16.8 Å². The maximum atomic E-state index is 13.1. The number of hydrogen-bond donors (Lipinski definition) is 1. The van der Waals surface area contributed by atoms with Gasteiger partial charge in [-0.1, -0.05) is 12.1 Å². The Morgan fingerprint density at radius 3 is 2.11 bits per heavy atom. The zero-order chi connectivity index (χ0) is 25.1. The number of nitrogens with one attached hydrogen (secondary N) is 1. The van der Waals surface area contributed by atoms with Gasteiger partial charge in [0.15, 0.2) is 0 Å². The molecule has 2 aromatic rings. The Morgan fingerprint density at radius 1 is 0.886 bits per heavy atom. The Morgan fingerprint density at radius 2 is 1.49 bits per heavy atom. The number of anilines is 2. The molecule has 2 aliphatic rings. The summed E-state index contributed by atoms with van der Waals surface area (Å²) in [5.41, 5.74) is 1.37. The average Bonchev–Trinajstić information content (AvgIpc) is 2.85. The molecular formula is C24H34N4O5S2. The van der Waals surface area contributed by atoms with Crippen LogP contribution in [0.3, 0.4) is 0 Å². The summed E-state index contributed by atoms with van der Waals surface area (Å²) < 4.78 is 60.0. The van der Waals surface area contributed by atoms with Crippen molar-refractivity contribution in [2.24, 2.45) is 5.92 Å². The van der Waals surface area contributed by atoms with Crippen molar-refractivity contribution in [1.29, 1.82) is 0 Å². The van der Waals surface area contributed by atoms with E-state index in [-0.39, 0.29) is 9.79 Å². The normalized spacial score (nSPS) is 18.7. The smallest absolute Gasteiger partial charge is 0.261 e. The third-order valence-corrected chi connectivity index (χ3v) is 9.85. The second-order valence-corrected chi connectivity index (χ2v) is 13.1. The van der Waals surface area contributed by atoms with E-state index in [1.807, 2.05) is 12.1 Å². The Labute approximate surface area is 208 Å². The summed E-state index contributed by atoms with van der Waals surface area (Å²) in [5.74, 6) is 0.630. The highest BCUT2D eigenvalue weighted by Crippen LogP contribution is 2.32. The molecule has 0 aromatic heterocycles. The molecule has 0 spiro atoms. The number of rotatable bonds is 8. The molecule has 35 heavy (non-hydrogen) atoms. The molecule has 0 amide bonds. The maximum absolute atomic E-state index is 13.1. The van der Waals surface area contributed by atoms with Crippen LogP contribution in [0.5, 0.6) is 0 Å². The van der Waals surface area contributed by atoms with E-state index in [4.69, 9.17) is 4.74 Å². The Bertz CT molecular complexity index is 1200. The minimum Gasteiger partial charge on any atom is -0.379 e. The molecule has 0 radical (unpaired) electrons. The lowest BCUT2D eigenvalue weighted by Gasteiger charge is -2.37. The molecule has 192 valence electrons. The van der Waals surface area contributed by atoms with Gasteiger partial charge in [-0.05, 0) is 55.2 Å². The lowest BCUT2D eigenvalue weighted by molar-refractivity contribution is 0.0289.